The van der Waals surface area contributed by atoms with E-state index in [4.69, 9.17) is 4.98 Å². The predicted molar refractivity (Wildman–Crippen MR) is 116 cm³/mol. The molecule has 0 bridgehead atoms. The molecular weight excluding hydrogens is 365 g/mol. The molecule has 1 unspecified atom stereocenters. The molecule has 1 aliphatic carbocycles. The molecule has 2 aromatic carbocycles. The Labute approximate surface area is 168 Å². The van der Waals surface area contributed by atoms with E-state index < -0.39 is 0 Å². The molecule has 28 heavy (non-hydrogen) atoms. The lowest BCUT2D eigenvalue weighted by Crippen LogP contribution is -2.08. The Morgan fingerprint density at radius 3 is 2.71 bits per heavy atom. The van der Waals surface area contributed by atoms with Crippen molar-refractivity contribution in [2.24, 2.45) is 5.92 Å². The predicted octanol–water partition coefficient (Wildman–Crippen LogP) is 7.20. The third kappa shape index (κ3) is 2.94. The van der Waals surface area contributed by atoms with Crippen LogP contribution < -0.4 is 0 Å². The molecular formula is C25H22FNS. The van der Waals surface area contributed by atoms with E-state index in [0.717, 1.165) is 17.7 Å². The zero-order valence-electron chi connectivity index (χ0n) is 16.1. The molecule has 1 aliphatic rings. The molecule has 5 rings (SSSR count). The zero-order chi connectivity index (χ0) is 19.3. The van der Waals surface area contributed by atoms with Crippen LogP contribution in [0.1, 0.15) is 29.3 Å². The maximum Gasteiger partial charge on any atom is 0.132 e. The Morgan fingerprint density at radius 1 is 1.04 bits per heavy atom. The fourth-order valence-electron chi connectivity index (χ4n) is 4.29. The highest BCUT2D eigenvalue weighted by Gasteiger charge is 2.24. The number of hydrogen-bond acceptors (Lipinski definition) is 2. The first-order chi connectivity index (χ1) is 13.6. The molecule has 4 aromatic rings. The van der Waals surface area contributed by atoms with Gasteiger partial charge in [0, 0.05) is 15.8 Å². The number of nitrogens with zero attached hydrogens (tertiary/aromatic N) is 1. The number of rotatable bonds is 2. The van der Waals surface area contributed by atoms with E-state index in [2.05, 4.69) is 44.2 Å². The van der Waals surface area contributed by atoms with E-state index in [1.165, 1.54) is 45.0 Å². The van der Waals surface area contributed by atoms with Gasteiger partial charge in [-0.05, 0) is 67.0 Å². The van der Waals surface area contributed by atoms with Crippen LogP contribution in [0, 0.1) is 18.7 Å². The molecule has 0 aliphatic heterocycles. The molecule has 1 atom stereocenters. The van der Waals surface area contributed by atoms with Crippen molar-refractivity contribution in [2.75, 3.05) is 0 Å². The molecule has 1 nitrogen and oxygen atoms in total. The molecule has 0 spiro atoms. The Balaban J connectivity index is 1.82. The lowest BCUT2D eigenvalue weighted by molar-refractivity contribution is 0.509. The van der Waals surface area contributed by atoms with Gasteiger partial charge in [0.2, 0.25) is 0 Å². The van der Waals surface area contributed by atoms with Gasteiger partial charge in [0.15, 0.2) is 0 Å². The molecule has 3 heteroatoms. The quantitative estimate of drug-likeness (QED) is 0.354. The number of hydrogen-bond donors (Lipinski definition) is 0. The fourth-order valence-corrected chi connectivity index (χ4v) is 5.70. The second kappa shape index (κ2) is 6.82. The van der Waals surface area contributed by atoms with Crippen LogP contribution in [-0.2, 0) is 12.8 Å². The van der Waals surface area contributed by atoms with Crippen LogP contribution >= 0.6 is 11.3 Å². The second-order valence-electron chi connectivity index (χ2n) is 7.94. The first kappa shape index (κ1) is 17.6. The van der Waals surface area contributed by atoms with Crippen molar-refractivity contribution in [1.82, 2.24) is 4.98 Å². The number of aryl methyl sites for hydroxylation is 2. The highest BCUT2D eigenvalue weighted by Crippen LogP contribution is 2.43. The standard InChI is InChI=1S/C25H22FNS/c1-15-6-5-7-17(12-15)20-14-22(18-8-3-4-9-21(18)26)27-25-24(20)19-11-10-16(2)13-23(19)28-25/h3-9,12,14,16H,10-11,13H2,1-2H3. The summed E-state index contributed by atoms with van der Waals surface area (Å²) in [5, 5.41) is 1.28. The minimum Gasteiger partial charge on any atom is -0.237 e. The Morgan fingerprint density at radius 2 is 1.89 bits per heavy atom. The third-order valence-corrected chi connectivity index (χ3v) is 6.89. The largest absolute Gasteiger partial charge is 0.237 e. The normalized spacial score (nSPS) is 16.3. The lowest BCUT2D eigenvalue weighted by atomic mass is 9.87. The van der Waals surface area contributed by atoms with Crippen LogP contribution in [0.2, 0.25) is 0 Å². The zero-order valence-corrected chi connectivity index (χ0v) is 16.9. The summed E-state index contributed by atoms with van der Waals surface area (Å²) in [6.07, 6.45) is 3.45. The maximum atomic E-state index is 14.5. The molecule has 2 aromatic heterocycles. The molecule has 0 radical (unpaired) electrons. The summed E-state index contributed by atoms with van der Waals surface area (Å²) in [5.41, 5.74) is 6.34. The molecule has 0 saturated carbocycles. The molecule has 140 valence electrons. The van der Waals surface area contributed by atoms with Gasteiger partial charge in [0.05, 0.1) is 5.69 Å². The topological polar surface area (TPSA) is 12.9 Å². The Bertz CT molecular complexity index is 1190. The summed E-state index contributed by atoms with van der Waals surface area (Å²) in [7, 11) is 0. The van der Waals surface area contributed by atoms with Crippen molar-refractivity contribution in [3.05, 3.63) is 76.4 Å². The lowest BCUT2D eigenvalue weighted by Gasteiger charge is -2.18. The minimum atomic E-state index is -0.223. The Hall–Kier alpha value is -2.52. The molecule has 0 amide bonds. The van der Waals surface area contributed by atoms with Crippen molar-refractivity contribution in [3.8, 4) is 22.4 Å². The summed E-state index contributed by atoms with van der Waals surface area (Å²) >= 11 is 1.80. The van der Waals surface area contributed by atoms with Gasteiger partial charge >= 0.3 is 0 Å². The average Bonchev–Trinajstić information content (AvgIpc) is 3.05. The van der Waals surface area contributed by atoms with Crippen molar-refractivity contribution >= 4 is 21.6 Å². The fraction of sp³-hybridized carbons (Fsp3) is 0.240. The average molecular weight is 388 g/mol. The number of benzene rings is 2. The van der Waals surface area contributed by atoms with Gasteiger partial charge in [0.25, 0.3) is 0 Å². The van der Waals surface area contributed by atoms with Crippen molar-refractivity contribution in [2.45, 2.75) is 33.1 Å². The van der Waals surface area contributed by atoms with Crippen LogP contribution in [0.4, 0.5) is 4.39 Å². The summed E-state index contributed by atoms with van der Waals surface area (Å²) in [5.74, 6) is 0.494. The monoisotopic (exact) mass is 387 g/mol. The molecule has 2 heterocycles. The van der Waals surface area contributed by atoms with Crippen molar-refractivity contribution in [3.63, 3.8) is 0 Å². The first-order valence-corrected chi connectivity index (χ1v) is 10.7. The van der Waals surface area contributed by atoms with Crippen LogP contribution in [0.3, 0.4) is 0 Å². The van der Waals surface area contributed by atoms with E-state index in [1.54, 1.807) is 17.4 Å². The van der Waals surface area contributed by atoms with Gasteiger partial charge in [0.1, 0.15) is 10.6 Å². The number of pyridine rings is 1. The van der Waals surface area contributed by atoms with E-state index in [1.807, 2.05) is 12.1 Å². The van der Waals surface area contributed by atoms with Gasteiger partial charge in [-0.3, -0.25) is 0 Å². The number of fused-ring (bicyclic) bond motifs is 3. The summed E-state index contributed by atoms with van der Waals surface area (Å²) < 4.78 is 14.5. The van der Waals surface area contributed by atoms with Crippen LogP contribution in [-0.4, -0.2) is 4.98 Å². The van der Waals surface area contributed by atoms with Gasteiger partial charge in [-0.2, -0.15) is 0 Å². The van der Waals surface area contributed by atoms with Crippen molar-refractivity contribution in [1.29, 1.82) is 0 Å². The number of halogens is 1. The summed E-state index contributed by atoms with van der Waals surface area (Å²) in [6.45, 7) is 4.44. The van der Waals surface area contributed by atoms with E-state index >= 15 is 0 Å². The van der Waals surface area contributed by atoms with Gasteiger partial charge < -0.3 is 0 Å². The maximum absolute atomic E-state index is 14.5. The van der Waals surface area contributed by atoms with Gasteiger partial charge in [-0.1, -0.05) is 48.9 Å². The first-order valence-electron chi connectivity index (χ1n) is 9.87. The van der Waals surface area contributed by atoms with Crippen LogP contribution in [0.25, 0.3) is 32.6 Å². The molecule has 0 saturated heterocycles. The minimum absolute atomic E-state index is 0.223. The summed E-state index contributed by atoms with van der Waals surface area (Å²) in [6, 6.07) is 17.6. The van der Waals surface area contributed by atoms with E-state index in [9.17, 15) is 4.39 Å². The van der Waals surface area contributed by atoms with E-state index in [0.29, 0.717) is 17.2 Å². The van der Waals surface area contributed by atoms with E-state index in [-0.39, 0.29) is 5.82 Å². The molecule has 0 N–H and O–H groups in total. The van der Waals surface area contributed by atoms with Crippen molar-refractivity contribution < 1.29 is 4.39 Å². The van der Waals surface area contributed by atoms with Gasteiger partial charge in [-0.25, -0.2) is 9.37 Å². The smallest absolute Gasteiger partial charge is 0.132 e. The third-order valence-electron chi connectivity index (χ3n) is 5.74. The highest BCUT2D eigenvalue weighted by atomic mass is 32.1. The Kier molecular flexibility index (Phi) is 4.28. The SMILES string of the molecule is Cc1cccc(-c2cc(-c3ccccc3F)nc3sc4c(c23)CCC(C)C4)c1. The van der Waals surface area contributed by atoms with Crippen LogP contribution in [0.15, 0.2) is 54.6 Å². The van der Waals surface area contributed by atoms with Crippen LogP contribution in [0.5, 0.6) is 0 Å². The highest BCUT2D eigenvalue weighted by molar-refractivity contribution is 7.19. The second-order valence-corrected chi connectivity index (χ2v) is 9.02. The van der Waals surface area contributed by atoms with Gasteiger partial charge in [-0.15, -0.1) is 11.3 Å². The number of thiophene rings is 1. The molecule has 0 fully saturated rings. The summed E-state index contributed by atoms with van der Waals surface area (Å²) in [4.78, 5) is 7.42. The number of aromatic nitrogens is 1.